The van der Waals surface area contributed by atoms with Crippen LogP contribution in [0, 0.1) is 11.3 Å². The molecule has 3 heterocycles. The van der Waals surface area contributed by atoms with E-state index in [1.807, 2.05) is 24.3 Å². The number of piperidine rings is 2. The molecule has 0 spiro atoms. The van der Waals surface area contributed by atoms with E-state index < -0.39 is 0 Å². The molecule has 7 nitrogen and oxygen atoms in total. The van der Waals surface area contributed by atoms with Crippen LogP contribution in [0.4, 0.5) is 0 Å². The number of likely N-dealkylation sites (tertiary alicyclic amines) is 2. The Morgan fingerprint density at radius 1 is 1.20 bits per heavy atom. The van der Waals surface area contributed by atoms with E-state index in [-0.39, 0.29) is 11.3 Å². The third kappa shape index (κ3) is 4.83. The zero-order valence-electron chi connectivity index (χ0n) is 18.3. The Morgan fingerprint density at radius 3 is 2.60 bits per heavy atom. The van der Waals surface area contributed by atoms with Gasteiger partial charge in [-0.15, -0.1) is 0 Å². The van der Waals surface area contributed by atoms with Gasteiger partial charge in [-0.05, 0) is 68.5 Å². The molecule has 0 aliphatic carbocycles. The molecule has 0 bridgehead atoms. The fourth-order valence-corrected chi connectivity index (χ4v) is 4.58. The first-order chi connectivity index (χ1) is 14.4. The minimum absolute atomic E-state index is 0.146. The molecule has 0 atom stereocenters. The first-order valence-corrected chi connectivity index (χ1v) is 10.9. The summed E-state index contributed by atoms with van der Waals surface area (Å²) in [4.78, 5) is 21.9. The first kappa shape index (κ1) is 20.8. The van der Waals surface area contributed by atoms with Gasteiger partial charge in [0.05, 0.1) is 13.7 Å². The summed E-state index contributed by atoms with van der Waals surface area (Å²) in [6.07, 6.45) is 4.12. The third-order valence-corrected chi connectivity index (χ3v) is 6.32. The fraction of sp³-hybridized carbons (Fsp3) is 0.609. The normalized spacial score (nSPS) is 20.3. The van der Waals surface area contributed by atoms with Crippen LogP contribution in [0.5, 0.6) is 5.75 Å². The number of rotatable bonds is 5. The number of methoxy groups -OCH3 is 1. The maximum atomic E-state index is 13.0. The summed E-state index contributed by atoms with van der Waals surface area (Å²) in [5.74, 6) is 2.50. The average Bonchev–Trinajstić information content (AvgIpc) is 3.21. The summed E-state index contributed by atoms with van der Waals surface area (Å²) in [5, 5.41) is 4.11. The number of nitrogens with zero attached hydrogens (tertiary/aromatic N) is 4. The van der Waals surface area contributed by atoms with Gasteiger partial charge in [-0.3, -0.25) is 9.69 Å². The molecule has 2 fully saturated rings. The van der Waals surface area contributed by atoms with Gasteiger partial charge in [-0.1, -0.05) is 19.0 Å². The molecule has 7 heteroatoms. The molecule has 2 aliphatic heterocycles. The lowest BCUT2D eigenvalue weighted by molar-refractivity contribution is -0.140. The predicted molar refractivity (Wildman–Crippen MR) is 114 cm³/mol. The molecule has 4 rings (SSSR count). The second kappa shape index (κ2) is 8.76. The molecular weight excluding hydrogens is 380 g/mol. The van der Waals surface area contributed by atoms with Crippen molar-refractivity contribution in [2.24, 2.45) is 11.3 Å². The Bertz CT molecular complexity index is 854. The van der Waals surface area contributed by atoms with Crippen LogP contribution in [0.1, 0.15) is 45.4 Å². The summed E-state index contributed by atoms with van der Waals surface area (Å²) in [7, 11) is 1.64. The summed E-state index contributed by atoms with van der Waals surface area (Å²) >= 11 is 0. The molecule has 1 aromatic heterocycles. The van der Waals surface area contributed by atoms with Gasteiger partial charge in [-0.2, -0.15) is 4.98 Å². The van der Waals surface area contributed by atoms with Gasteiger partial charge >= 0.3 is 0 Å². The highest BCUT2D eigenvalue weighted by Gasteiger charge is 2.34. The molecular formula is C23H32N4O3. The van der Waals surface area contributed by atoms with Crippen LogP contribution in [0.25, 0.3) is 11.4 Å². The molecule has 1 amide bonds. The van der Waals surface area contributed by atoms with Crippen molar-refractivity contribution in [3.8, 4) is 17.1 Å². The minimum atomic E-state index is 0.146. The third-order valence-electron chi connectivity index (χ3n) is 6.32. The molecule has 0 unspecified atom stereocenters. The van der Waals surface area contributed by atoms with Gasteiger partial charge in [0, 0.05) is 24.6 Å². The van der Waals surface area contributed by atoms with Crippen molar-refractivity contribution >= 4 is 5.91 Å². The van der Waals surface area contributed by atoms with Crippen molar-refractivity contribution in [3.05, 3.63) is 30.2 Å². The molecule has 0 saturated carbocycles. The monoisotopic (exact) mass is 412 g/mol. The van der Waals surface area contributed by atoms with Gasteiger partial charge in [0.1, 0.15) is 5.75 Å². The predicted octanol–water partition coefficient (Wildman–Crippen LogP) is 3.61. The number of hydrogen-bond acceptors (Lipinski definition) is 6. The lowest BCUT2D eigenvalue weighted by Crippen LogP contribution is -2.48. The number of carbonyl (C=O) groups is 1. The minimum Gasteiger partial charge on any atom is -0.497 e. The van der Waals surface area contributed by atoms with E-state index in [2.05, 4.69) is 33.8 Å². The molecule has 30 heavy (non-hydrogen) atoms. The average molecular weight is 413 g/mol. The van der Waals surface area contributed by atoms with Crippen LogP contribution in [-0.4, -0.2) is 59.1 Å². The van der Waals surface area contributed by atoms with Crippen LogP contribution in [0.15, 0.2) is 28.8 Å². The van der Waals surface area contributed by atoms with Gasteiger partial charge < -0.3 is 14.2 Å². The van der Waals surface area contributed by atoms with Crippen LogP contribution in [0.2, 0.25) is 0 Å². The molecule has 1 aromatic carbocycles. The Hall–Kier alpha value is -2.41. The summed E-state index contributed by atoms with van der Waals surface area (Å²) in [6.45, 7) is 8.72. The van der Waals surface area contributed by atoms with E-state index in [0.29, 0.717) is 24.2 Å². The smallest absolute Gasteiger partial charge is 0.241 e. The Labute approximate surface area is 178 Å². The van der Waals surface area contributed by atoms with E-state index in [9.17, 15) is 4.79 Å². The van der Waals surface area contributed by atoms with Crippen molar-refractivity contribution in [3.63, 3.8) is 0 Å². The quantitative estimate of drug-likeness (QED) is 0.747. The van der Waals surface area contributed by atoms with Crippen LogP contribution >= 0.6 is 0 Å². The van der Waals surface area contributed by atoms with E-state index in [1.54, 1.807) is 7.11 Å². The first-order valence-electron chi connectivity index (χ1n) is 10.9. The number of ether oxygens (including phenoxy) is 1. The Morgan fingerprint density at radius 2 is 1.93 bits per heavy atom. The second-order valence-electron chi connectivity index (χ2n) is 9.32. The molecule has 2 saturated heterocycles. The van der Waals surface area contributed by atoms with Crippen molar-refractivity contribution in [1.29, 1.82) is 0 Å². The molecule has 0 radical (unpaired) electrons. The molecule has 2 aromatic rings. The van der Waals surface area contributed by atoms with E-state index in [4.69, 9.17) is 9.26 Å². The van der Waals surface area contributed by atoms with Crippen LogP contribution in [0.3, 0.4) is 0 Å². The van der Waals surface area contributed by atoms with Gasteiger partial charge in [0.25, 0.3) is 0 Å². The van der Waals surface area contributed by atoms with Gasteiger partial charge in [-0.25, -0.2) is 0 Å². The van der Waals surface area contributed by atoms with Crippen LogP contribution < -0.4 is 4.74 Å². The lowest BCUT2D eigenvalue weighted by atomic mass is 9.83. The number of carbonyl (C=O) groups excluding carboxylic acids is 1. The van der Waals surface area contributed by atoms with Crippen molar-refractivity contribution in [2.75, 3.05) is 33.3 Å². The summed E-state index contributed by atoms with van der Waals surface area (Å²) in [6, 6.07) is 7.62. The fourth-order valence-electron chi connectivity index (χ4n) is 4.58. The van der Waals surface area contributed by atoms with E-state index >= 15 is 0 Å². The Kier molecular flexibility index (Phi) is 6.09. The van der Waals surface area contributed by atoms with Crippen molar-refractivity contribution < 1.29 is 14.1 Å². The Balaban J connectivity index is 1.29. The maximum Gasteiger partial charge on any atom is 0.241 e. The summed E-state index contributed by atoms with van der Waals surface area (Å²) < 4.78 is 10.6. The van der Waals surface area contributed by atoms with Gasteiger partial charge in [0.2, 0.25) is 17.6 Å². The standard InChI is InChI=1S/C23H32N4O3/c1-23(2)11-4-12-27(16-23)22(28)18-9-13-26(14-10-18)15-20-24-21(25-30-20)17-5-7-19(29-3)8-6-17/h5-8,18H,4,9-16H2,1-3H3. The maximum absolute atomic E-state index is 13.0. The van der Waals surface area contributed by atoms with Crippen molar-refractivity contribution in [2.45, 2.75) is 46.1 Å². The number of hydrogen-bond donors (Lipinski definition) is 0. The van der Waals surface area contributed by atoms with E-state index in [1.165, 1.54) is 6.42 Å². The number of amides is 1. The van der Waals surface area contributed by atoms with Crippen molar-refractivity contribution in [1.82, 2.24) is 19.9 Å². The number of benzene rings is 1. The summed E-state index contributed by atoms with van der Waals surface area (Å²) in [5.41, 5.74) is 1.15. The zero-order valence-corrected chi connectivity index (χ0v) is 18.3. The zero-order chi connectivity index (χ0) is 21.1. The lowest BCUT2D eigenvalue weighted by Gasteiger charge is -2.41. The highest BCUT2D eigenvalue weighted by atomic mass is 16.5. The molecule has 2 aliphatic rings. The molecule has 0 N–H and O–H groups in total. The van der Waals surface area contributed by atoms with Gasteiger partial charge in [0.15, 0.2) is 0 Å². The molecule has 162 valence electrons. The topological polar surface area (TPSA) is 71.7 Å². The largest absolute Gasteiger partial charge is 0.497 e. The number of aromatic nitrogens is 2. The highest BCUT2D eigenvalue weighted by Crippen LogP contribution is 2.31. The highest BCUT2D eigenvalue weighted by molar-refractivity contribution is 5.79. The van der Waals surface area contributed by atoms with E-state index in [0.717, 1.165) is 56.8 Å². The second-order valence-corrected chi connectivity index (χ2v) is 9.32. The van der Waals surface area contributed by atoms with Crippen LogP contribution in [-0.2, 0) is 11.3 Å². The SMILES string of the molecule is COc1ccc(-c2noc(CN3CCC(C(=O)N4CCCC(C)(C)C4)CC3)n2)cc1.